The molecule has 3 heteroatoms. The molecule has 1 unspecified atom stereocenters. The minimum atomic E-state index is 0.519. The number of nitrogens with two attached hydrogens (primary N) is 1. The summed E-state index contributed by atoms with van der Waals surface area (Å²) in [4.78, 5) is 6.93. The summed E-state index contributed by atoms with van der Waals surface area (Å²) in [7, 11) is 2.11. The number of aryl methyl sites for hydroxylation is 1. The second-order valence-electron chi connectivity index (χ2n) is 4.63. The van der Waals surface area contributed by atoms with Crippen LogP contribution in [0.15, 0.2) is 12.1 Å². The fourth-order valence-corrected chi connectivity index (χ4v) is 1.95. The second kappa shape index (κ2) is 6.60. The van der Waals surface area contributed by atoms with Gasteiger partial charge in [0.05, 0.1) is 0 Å². The molecule has 1 heterocycles. The van der Waals surface area contributed by atoms with Crippen LogP contribution in [0, 0.1) is 0 Å². The van der Waals surface area contributed by atoms with Crippen molar-refractivity contribution in [3.63, 3.8) is 0 Å². The molecular weight excluding hydrogens is 210 g/mol. The Balaban J connectivity index is 2.95. The molecule has 3 nitrogen and oxygen atoms in total. The molecule has 17 heavy (non-hydrogen) atoms. The van der Waals surface area contributed by atoms with E-state index in [2.05, 4.69) is 49.8 Å². The van der Waals surface area contributed by atoms with Gasteiger partial charge in [-0.3, -0.25) is 0 Å². The molecule has 0 aromatic carbocycles. The fourth-order valence-electron chi connectivity index (χ4n) is 1.95. The lowest BCUT2D eigenvalue weighted by Crippen LogP contribution is -2.29. The molecule has 0 spiro atoms. The van der Waals surface area contributed by atoms with E-state index in [1.165, 1.54) is 18.4 Å². The van der Waals surface area contributed by atoms with Crippen LogP contribution in [0.2, 0.25) is 0 Å². The predicted molar refractivity (Wildman–Crippen MR) is 74.3 cm³/mol. The maximum absolute atomic E-state index is 5.73. The smallest absolute Gasteiger partial charge is 0.129 e. The van der Waals surface area contributed by atoms with E-state index in [-0.39, 0.29) is 0 Å². The molecule has 0 aliphatic carbocycles. The van der Waals surface area contributed by atoms with Gasteiger partial charge in [0.1, 0.15) is 5.82 Å². The maximum Gasteiger partial charge on any atom is 0.129 e. The molecule has 1 rings (SSSR count). The summed E-state index contributed by atoms with van der Waals surface area (Å²) in [6.07, 6.45) is 3.34. The molecule has 2 N–H and O–H groups in total. The van der Waals surface area contributed by atoms with Crippen LogP contribution in [0.4, 0.5) is 5.82 Å². The molecule has 1 aromatic heterocycles. The van der Waals surface area contributed by atoms with Crippen LogP contribution in [-0.2, 0) is 13.0 Å². The van der Waals surface area contributed by atoms with E-state index in [0.717, 1.165) is 17.9 Å². The van der Waals surface area contributed by atoms with E-state index in [0.29, 0.717) is 12.6 Å². The molecule has 0 saturated carbocycles. The van der Waals surface area contributed by atoms with Crippen molar-refractivity contribution in [3.05, 3.63) is 23.4 Å². The summed E-state index contributed by atoms with van der Waals surface area (Å²) in [6.45, 7) is 7.16. The van der Waals surface area contributed by atoms with Crippen molar-refractivity contribution in [1.82, 2.24) is 4.98 Å². The maximum atomic E-state index is 5.73. The average Bonchev–Trinajstić information content (AvgIpc) is 2.37. The van der Waals surface area contributed by atoms with E-state index >= 15 is 0 Å². The van der Waals surface area contributed by atoms with Gasteiger partial charge in [-0.05, 0) is 37.5 Å². The molecule has 1 aromatic rings. The van der Waals surface area contributed by atoms with Crippen molar-refractivity contribution < 1.29 is 0 Å². The number of rotatable bonds is 6. The van der Waals surface area contributed by atoms with Crippen molar-refractivity contribution in [2.45, 2.75) is 52.6 Å². The van der Waals surface area contributed by atoms with Gasteiger partial charge in [-0.25, -0.2) is 4.98 Å². The highest BCUT2D eigenvalue weighted by Gasteiger charge is 2.11. The summed E-state index contributed by atoms with van der Waals surface area (Å²) in [5, 5.41) is 0. The van der Waals surface area contributed by atoms with E-state index in [1.54, 1.807) is 0 Å². The Morgan fingerprint density at radius 3 is 2.59 bits per heavy atom. The van der Waals surface area contributed by atoms with Crippen LogP contribution in [0.5, 0.6) is 0 Å². The van der Waals surface area contributed by atoms with Gasteiger partial charge >= 0.3 is 0 Å². The third-order valence-electron chi connectivity index (χ3n) is 3.25. The Bertz CT molecular complexity index is 327. The highest BCUT2D eigenvalue weighted by Crippen LogP contribution is 2.18. The van der Waals surface area contributed by atoms with Gasteiger partial charge in [0.25, 0.3) is 0 Å². The monoisotopic (exact) mass is 235 g/mol. The van der Waals surface area contributed by atoms with Gasteiger partial charge in [-0.15, -0.1) is 0 Å². The number of hydrogen-bond acceptors (Lipinski definition) is 3. The second-order valence-corrected chi connectivity index (χ2v) is 4.63. The molecule has 0 amide bonds. The molecular formula is C14H25N3. The summed E-state index contributed by atoms with van der Waals surface area (Å²) in [6, 6.07) is 4.72. The SMILES string of the molecule is CCCC(C)N(C)c1cc(CN)cc(CC)n1. The molecule has 0 fully saturated rings. The molecule has 0 bridgehead atoms. The van der Waals surface area contributed by atoms with Gasteiger partial charge in [0, 0.05) is 25.3 Å². The number of anilines is 1. The van der Waals surface area contributed by atoms with Crippen LogP contribution in [0.1, 0.15) is 44.9 Å². The minimum absolute atomic E-state index is 0.519. The molecule has 1 atom stereocenters. The number of hydrogen-bond donors (Lipinski definition) is 1. The summed E-state index contributed by atoms with van der Waals surface area (Å²) < 4.78 is 0. The zero-order valence-corrected chi connectivity index (χ0v) is 11.5. The van der Waals surface area contributed by atoms with Gasteiger partial charge in [-0.2, -0.15) is 0 Å². The lowest BCUT2D eigenvalue weighted by Gasteiger charge is -2.26. The molecule has 96 valence electrons. The lowest BCUT2D eigenvalue weighted by atomic mass is 10.1. The van der Waals surface area contributed by atoms with E-state index < -0.39 is 0 Å². The standard InChI is InChI=1S/C14H25N3/c1-5-7-11(3)17(4)14-9-12(10-15)8-13(6-2)16-14/h8-9,11H,5-7,10,15H2,1-4H3. The van der Waals surface area contributed by atoms with Crippen LogP contribution in [0.25, 0.3) is 0 Å². The number of aromatic nitrogens is 1. The Hall–Kier alpha value is -1.09. The number of pyridine rings is 1. The molecule has 0 aliphatic heterocycles. The first-order chi connectivity index (χ1) is 8.12. The Morgan fingerprint density at radius 1 is 1.35 bits per heavy atom. The first-order valence-electron chi connectivity index (χ1n) is 6.55. The van der Waals surface area contributed by atoms with E-state index in [1.807, 2.05) is 0 Å². The largest absolute Gasteiger partial charge is 0.357 e. The summed E-state index contributed by atoms with van der Waals surface area (Å²) in [5.74, 6) is 1.05. The van der Waals surface area contributed by atoms with Gasteiger partial charge < -0.3 is 10.6 Å². The van der Waals surface area contributed by atoms with Crippen LogP contribution in [0.3, 0.4) is 0 Å². The zero-order valence-electron chi connectivity index (χ0n) is 11.5. The van der Waals surface area contributed by atoms with Crippen molar-refractivity contribution in [3.8, 4) is 0 Å². The van der Waals surface area contributed by atoms with Gasteiger partial charge in [-0.1, -0.05) is 20.3 Å². The minimum Gasteiger partial charge on any atom is -0.357 e. The van der Waals surface area contributed by atoms with Crippen LogP contribution < -0.4 is 10.6 Å². The topological polar surface area (TPSA) is 42.1 Å². The van der Waals surface area contributed by atoms with E-state index in [9.17, 15) is 0 Å². The normalized spacial score (nSPS) is 12.5. The van der Waals surface area contributed by atoms with Gasteiger partial charge in [0.2, 0.25) is 0 Å². The van der Waals surface area contributed by atoms with Crippen molar-refractivity contribution in [1.29, 1.82) is 0 Å². The molecule has 0 radical (unpaired) electrons. The average molecular weight is 235 g/mol. The molecule has 0 saturated heterocycles. The first kappa shape index (κ1) is 14.0. The number of nitrogens with zero attached hydrogens (tertiary/aromatic N) is 2. The van der Waals surface area contributed by atoms with Crippen molar-refractivity contribution in [2.24, 2.45) is 5.73 Å². The van der Waals surface area contributed by atoms with Crippen molar-refractivity contribution in [2.75, 3.05) is 11.9 Å². The predicted octanol–water partition coefficient (Wildman–Crippen LogP) is 2.73. The fraction of sp³-hybridized carbons (Fsp3) is 0.643. The summed E-state index contributed by atoms with van der Waals surface area (Å²) >= 11 is 0. The van der Waals surface area contributed by atoms with Crippen molar-refractivity contribution >= 4 is 5.82 Å². The highest BCUT2D eigenvalue weighted by molar-refractivity contribution is 5.43. The molecule has 0 aliphatic rings. The zero-order chi connectivity index (χ0) is 12.8. The Labute approximate surface area is 105 Å². The quantitative estimate of drug-likeness (QED) is 0.824. The Morgan fingerprint density at radius 2 is 2.06 bits per heavy atom. The summed E-state index contributed by atoms with van der Waals surface area (Å²) in [5.41, 5.74) is 8.02. The van der Waals surface area contributed by atoms with Gasteiger partial charge in [0.15, 0.2) is 0 Å². The lowest BCUT2D eigenvalue weighted by molar-refractivity contribution is 0.610. The highest BCUT2D eigenvalue weighted by atomic mass is 15.2. The third kappa shape index (κ3) is 3.70. The van der Waals surface area contributed by atoms with E-state index in [4.69, 9.17) is 5.73 Å². The third-order valence-corrected chi connectivity index (χ3v) is 3.25. The van der Waals surface area contributed by atoms with Crippen LogP contribution in [-0.4, -0.2) is 18.1 Å². The van der Waals surface area contributed by atoms with Crippen LogP contribution >= 0.6 is 0 Å². The first-order valence-corrected chi connectivity index (χ1v) is 6.55. The Kier molecular flexibility index (Phi) is 5.42.